The Kier molecular flexibility index (Phi) is 3.12. The molecule has 0 atom stereocenters. The van der Waals surface area contributed by atoms with Gasteiger partial charge in [-0.2, -0.15) is 0 Å². The van der Waals surface area contributed by atoms with Crippen LogP contribution in [0, 0.1) is 3.57 Å². The summed E-state index contributed by atoms with van der Waals surface area (Å²) in [6, 6.07) is 0.884. The Morgan fingerprint density at radius 2 is 2.23 bits per heavy atom. The highest BCUT2D eigenvalue weighted by Gasteiger charge is 2.14. The number of hydrogen-bond acceptors (Lipinski definition) is 2. The third-order valence-corrected chi connectivity index (χ3v) is 2.19. The number of nitrogens with zero attached hydrogens (tertiary/aromatic N) is 1. The van der Waals surface area contributed by atoms with E-state index in [2.05, 4.69) is 4.98 Å². The monoisotopic (exact) mass is 299 g/mol. The molecule has 13 heavy (non-hydrogen) atoms. The zero-order valence-corrected chi connectivity index (χ0v) is 8.33. The lowest BCUT2D eigenvalue weighted by molar-refractivity contribution is 0.0695. The van der Waals surface area contributed by atoms with Gasteiger partial charge in [0.25, 0.3) is 6.43 Å². The molecule has 0 spiro atoms. The first-order chi connectivity index (χ1) is 6.02. The topological polar surface area (TPSA) is 50.2 Å². The minimum Gasteiger partial charge on any atom is -0.478 e. The van der Waals surface area contributed by atoms with E-state index in [0.717, 1.165) is 12.3 Å². The van der Waals surface area contributed by atoms with E-state index in [1.54, 1.807) is 22.6 Å². The fourth-order valence-corrected chi connectivity index (χ4v) is 1.26. The standard InChI is InChI=1S/C7H4F2INO2/c8-6(9)5-1-3(7(12)13)4(10)2-11-5/h1-2,6H,(H,12,13). The van der Waals surface area contributed by atoms with Gasteiger partial charge in [-0.15, -0.1) is 0 Å². The third-order valence-electron chi connectivity index (χ3n) is 1.33. The Bertz CT molecular complexity index is 343. The van der Waals surface area contributed by atoms with E-state index in [1.807, 2.05) is 0 Å². The SMILES string of the molecule is O=C(O)c1cc(C(F)F)ncc1I. The highest BCUT2D eigenvalue weighted by Crippen LogP contribution is 2.20. The molecule has 1 rings (SSSR count). The molecule has 1 aromatic heterocycles. The first-order valence-corrected chi connectivity index (χ1v) is 4.27. The maximum Gasteiger partial charge on any atom is 0.336 e. The number of hydrogen-bond donors (Lipinski definition) is 1. The molecule has 0 aliphatic heterocycles. The van der Waals surface area contributed by atoms with Gasteiger partial charge in [0, 0.05) is 9.77 Å². The maximum atomic E-state index is 12.1. The van der Waals surface area contributed by atoms with E-state index in [4.69, 9.17) is 5.11 Å². The highest BCUT2D eigenvalue weighted by molar-refractivity contribution is 14.1. The van der Waals surface area contributed by atoms with Crippen molar-refractivity contribution in [3.05, 3.63) is 27.1 Å². The van der Waals surface area contributed by atoms with Crippen LogP contribution in [0.5, 0.6) is 0 Å². The second kappa shape index (κ2) is 3.95. The van der Waals surface area contributed by atoms with Crippen molar-refractivity contribution in [3.8, 4) is 0 Å². The largest absolute Gasteiger partial charge is 0.478 e. The number of pyridine rings is 1. The van der Waals surface area contributed by atoms with Gasteiger partial charge in [-0.3, -0.25) is 4.98 Å². The predicted molar refractivity (Wildman–Crippen MR) is 48.9 cm³/mol. The zero-order chi connectivity index (χ0) is 10.0. The Morgan fingerprint density at radius 3 is 2.69 bits per heavy atom. The van der Waals surface area contributed by atoms with Crippen LogP contribution in [0.25, 0.3) is 0 Å². The van der Waals surface area contributed by atoms with Crippen molar-refractivity contribution < 1.29 is 18.7 Å². The second-order valence-electron chi connectivity index (χ2n) is 2.19. The van der Waals surface area contributed by atoms with Gasteiger partial charge in [0.15, 0.2) is 0 Å². The summed E-state index contributed by atoms with van der Waals surface area (Å²) in [5.74, 6) is -1.23. The molecule has 0 unspecified atom stereocenters. The number of rotatable bonds is 2. The predicted octanol–water partition coefficient (Wildman–Crippen LogP) is 2.32. The summed E-state index contributed by atoms with van der Waals surface area (Å²) in [5, 5.41) is 8.59. The van der Waals surface area contributed by atoms with E-state index < -0.39 is 18.1 Å². The van der Waals surface area contributed by atoms with Crippen molar-refractivity contribution in [2.24, 2.45) is 0 Å². The van der Waals surface area contributed by atoms with Crippen molar-refractivity contribution in [3.63, 3.8) is 0 Å². The smallest absolute Gasteiger partial charge is 0.336 e. The third kappa shape index (κ3) is 2.33. The summed E-state index contributed by atoms with van der Waals surface area (Å²) >= 11 is 1.73. The summed E-state index contributed by atoms with van der Waals surface area (Å²) in [6.07, 6.45) is -1.62. The van der Waals surface area contributed by atoms with Crippen LogP contribution in [0.4, 0.5) is 8.78 Å². The number of alkyl halides is 2. The lowest BCUT2D eigenvalue weighted by Crippen LogP contribution is -2.03. The molecule has 0 aromatic carbocycles. The lowest BCUT2D eigenvalue weighted by Gasteiger charge is -2.01. The van der Waals surface area contributed by atoms with Crippen LogP contribution in [-0.4, -0.2) is 16.1 Å². The second-order valence-corrected chi connectivity index (χ2v) is 3.36. The van der Waals surface area contributed by atoms with Crippen LogP contribution >= 0.6 is 22.6 Å². The summed E-state index contributed by atoms with van der Waals surface area (Å²) in [5.41, 5.74) is -0.663. The molecule has 1 N–H and O–H groups in total. The summed E-state index contributed by atoms with van der Waals surface area (Å²) < 4.78 is 24.5. The number of halogens is 3. The molecule has 0 saturated carbocycles. The Morgan fingerprint density at radius 1 is 1.62 bits per heavy atom. The van der Waals surface area contributed by atoms with Crippen LogP contribution in [0.15, 0.2) is 12.3 Å². The Labute approximate surface area is 85.9 Å². The molecule has 3 nitrogen and oxygen atoms in total. The van der Waals surface area contributed by atoms with Gasteiger partial charge in [0.2, 0.25) is 0 Å². The molecule has 0 aliphatic carbocycles. The first-order valence-electron chi connectivity index (χ1n) is 3.19. The van der Waals surface area contributed by atoms with Gasteiger partial charge in [0.1, 0.15) is 5.69 Å². The van der Waals surface area contributed by atoms with E-state index in [0.29, 0.717) is 3.57 Å². The quantitative estimate of drug-likeness (QED) is 0.853. The number of carboxylic acids is 1. The number of aromatic carboxylic acids is 1. The molecule has 0 bridgehead atoms. The molecule has 0 fully saturated rings. The summed E-state index contributed by atoms with van der Waals surface area (Å²) in [6.45, 7) is 0. The molecule has 0 amide bonds. The van der Waals surface area contributed by atoms with E-state index in [-0.39, 0.29) is 5.56 Å². The zero-order valence-electron chi connectivity index (χ0n) is 6.17. The lowest BCUT2D eigenvalue weighted by atomic mass is 10.2. The van der Waals surface area contributed by atoms with Gasteiger partial charge in [0.05, 0.1) is 5.56 Å². The molecular weight excluding hydrogens is 295 g/mol. The average Bonchev–Trinajstić information content (AvgIpc) is 2.04. The summed E-state index contributed by atoms with van der Waals surface area (Å²) in [7, 11) is 0. The molecule has 0 aliphatic rings. The van der Waals surface area contributed by atoms with Gasteiger partial charge in [-0.05, 0) is 28.7 Å². The Hall–Kier alpha value is -0.790. The molecule has 1 heterocycles. The van der Waals surface area contributed by atoms with Crippen molar-refractivity contribution in [1.29, 1.82) is 0 Å². The fourth-order valence-electron chi connectivity index (χ4n) is 0.738. The molecule has 1 aromatic rings. The van der Waals surface area contributed by atoms with Crippen LogP contribution in [0.3, 0.4) is 0 Å². The Balaban J connectivity index is 3.19. The van der Waals surface area contributed by atoms with Crippen LogP contribution in [0.1, 0.15) is 22.5 Å². The van der Waals surface area contributed by atoms with E-state index in [9.17, 15) is 13.6 Å². The number of carboxylic acid groups (broad SMARTS) is 1. The van der Waals surface area contributed by atoms with E-state index in [1.165, 1.54) is 0 Å². The van der Waals surface area contributed by atoms with Crippen molar-refractivity contribution in [2.45, 2.75) is 6.43 Å². The molecule has 6 heteroatoms. The van der Waals surface area contributed by atoms with Crippen molar-refractivity contribution in [2.75, 3.05) is 0 Å². The molecule has 0 radical (unpaired) electrons. The minimum atomic E-state index is -2.74. The maximum absolute atomic E-state index is 12.1. The van der Waals surface area contributed by atoms with Gasteiger partial charge >= 0.3 is 5.97 Å². The van der Waals surface area contributed by atoms with E-state index >= 15 is 0 Å². The molecule has 0 saturated heterocycles. The number of carbonyl (C=O) groups is 1. The molecule has 70 valence electrons. The van der Waals surface area contributed by atoms with Gasteiger partial charge in [-0.1, -0.05) is 0 Å². The van der Waals surface area contributed by atoms with Crippen LogP contribution in [0.2, 0.25) is 0 Å². The van der Waals surface area contributed by atoms with Crippen LogP contribution < -0.4 is 0 Å². The minimum absolute atomic E-state index is 0.147. The fraction of sp³-hybridized carbons (Fsp3) is 0.143. The average molecular weight is 299 g/mol. The molecular formula is C7H4F2INO2. The normalized spacial score (nSPS) is 10.5. The van der Waals surface area contributed by atoms with Crippen molar-refractivity contribution in [1.82, 2.24) is 4.98 Å². The highest BCUT2D eigenvalue weighted by atomic mass is 127. The first kappa shape index (κ1) is 10.3. The van der Waals surface area contributed by atoms with Crippen LogP contribution in [-0.2, 0) is 0 Å². The summed E-state index contributed by atoms with van der Waals surface area (Å²) in [4.78, 5) is 13.9. The van der Waals surface area contributed by atoms with Gasteiger partial charge in [-0.25, -0.2) is 13.6 Å². The number of aromatic nitrogens is 1. The van der Waals surface area contributed by atoms with Gasteiger partial charge < -0.3 is 5.11 Å². The van der Waals surface area contributed by atoms with Crippen molar-refractivity contribution >= 4 is 28.6 Å².